The van der Waals surface area contributed by atoms with E-state index in [-0.39, 0.29) is 0 Å². The van der Waals surface area contributed by atoms with E-state index in [0.717, 1.165) is 15.9 Å². The monoisotopic (exact) mass is 404 g/mol. The van der Waals surface area contributed by atoms with Gasteiger partial charge in [0.2, 0.25) is 0 Å². The van der Waals surface area contributed by atoms with Crippen molar-refractivity contribution in [1.82, 2.24) is 0 Å². The van der Waals surface area contributed by atoms with Gasteiger partial charge >= 0.3 is 0 Å². The Kier molecular flexibility index (Phi) is 6.49. The van der Waals surface area contributed by atoms with Crippen LogP contribution in [0.3, 0.4) is 0 Å². The van der Waals surface area contributed by atoms with Crippen LogP contribution in [0.15, 0.2) is 72.8 Å². The summed E-state index contributed by atoms with van der Waals surface area (Å²) in [7, 11) is -3.01. The standard InChI is InChI=1S/C27H33OP/c1-19(2)22-17-25(20(3)4)27(26(18-22)21(5)6)29(28,23-13-9-7-10-14-23)24-15-11-8-12-16-24/h7-21H,1-6H3. The molecule has 0 atom stereocenters. The average Bonchev–Trinajstić information content (AvgIpc) is 2.73. The van der Waals surface area contributed by atoms with Crippen LogP contribution in [0.1, 0.15) is 76.0 Å². The summed E-state index contributed by atoms with van der Waals surface area (Å²) in [6.07, 6.45) is 0. The highest BCUT2D eigenvalue weighted by Gasteiger charge is 2.35. The van der Waals surface area contributed by atoms with Gasteiger partial charge in [-0.15, -0.1) is 0 Å². The molecular weight excluding hydrogens is 371 g/mol. The highest BCUT2D eigenvalue weighted by atomic mass is 31.2. The van der Waals surface area contributed by atoms with Crippen molar-refractivity contribution in [2.45, 2.75) is 59.3 Å². The molecule has 0 heterocycles. The summed E-state index contributed by atoms with van der Waals surface area (Å²) < 4.78 is 15.1. The van der Waals surface area contributed by atoms with E-state index >= 15 is 4.57 Å². The summed E-state index contributed by atoms with van der Waals surface area (Å²) in [6.45, 7) is 13.3. The first kappa shape index (κ1) is 21.6. The molecule has 0 aliphatic carbocycles. The number of rotatable bonds is 6. The maximum atomic E-state index is 15.1. The van der Waals surface area contributed by atoms with E-state index in [1.165, 1.54) is 16.7 Å². The first-order valence-corrected chi connectivity index (χ1v) is 12.4. The molecule has 29 heavy (non-hydrogen) atoms. The Labute approximate surface area is 176 Å². The lowest BCUT2D eigenvalue weighted by molar-refractivity contribution is 0.591. The summed E-state index contributed by atoms with van der Waals surface area (Å²) >= 11 is 0. The summed E-state index contributed by atoms with van der Waals surface area (Å²) in [6, 6.07) is 24.7. The minimum atomic E-state index is -3.01. The summed E-state index contributed by atoms with van der Waals surface area (Å²) in [5, 5.41) is 2.86. The Hall–Kier alpha value is -2.11. The van der Waals surface area contributed by atoms with Crippen LogP contribution >= 0.6 is 7.14 Å². The Balaban J connectivity index is 2.48. The van der Waals surface area contributed by atoms with Gasteiger partial charge in [-0.05, 0) is 34.4 Å². The Bertz CT molecular complexity index is 929. The summed E-state index contributed by atoms with van der Waals surface area (Å²) in [5.41, 5.74) is 3.76. The Morgan fingerprint density at radius 3 is 1.28 bits per heavy atom. The van der Waals surface area contributed by atoms with Crippen molar-refractivity contribution in [1.29, 1.82) is 0 Å². The van der Waals surface area contributed by atoms with Crippen molar-refractivity contribution >= 4 is 23.1 Å². The second kappa shape index (κ2) is 8.72. The maximum absolute atomic E-state index is 15.1. The lowest BCUT2D eigenvalue weighted by Gasteiger charge is -2.29. The molecule has 3 rings (SSSR count). The predicted molar refractivity (Wildman–Crippen MR) is 128 cm³/mol. The molecule has 0 amide bonds. The minimum absolute atomic E-state index is 0.293. The molecule has 0 aromatic heterocycles. The fraction of sp³-hybridized carbons (Fsp3) is 0.333. The molecule has 0 bridgehead atoms. The normalized spacial score (nSPS) is 12.2. The summed E-state index contributed by atoms with van der Waals surface area (Å²) in [4.78, 5) is 0. The van der Waals surface area contributed by atoms with Crippen molar-refractivity contribution in [3.8, 4) is 0 Å². The van der Waals surface area contributed by atoms with Crippen LogP contribution in [0.5, 0.6) is 0 Å². The molecule has 0 N–H and O–H groups in total. The van der Waals surface area contributed by atoms with Crippen LogP contribution in [-0.2, 0) is 4.57 Å². The quantitative estimate of drug-likeness (QED) is 0.418. The van der Waals surface area contributed by atoms with Crippen LogP contribution in [0, 0.1) is 0 Å². The van der Waals surface area contributed by atoms with Gasteiger partial charge in [-0.25, -0.2) is 0 Å². The number of hydrogen-bond acceptors (Lipinski definition) is 1. The van der Waals surface area contributed by atoms with Crippen LogP contribution in [-0.4, -0.2) is 0 Å². The van der Waals surface area contributed by atoms with Gasteiger partial charge in [0.15, 0.2) is 7.14 Å². The Morgan fingerprint density at radius 1 is 0.586 bits per heavy atom. The molecule has 1 nitrogen and oxygen atoms in total. The van der Waals surface area contributed by atoms with Gasteiger partial charge in [-0.3, -0.25) is 0 Å². The molecule has 2 heteroatoms. The largest absolute Gasteiger partial charge is 0.309 e. The molecule has 0 aliphatic heterocycles. The highest BCUT2D eigenvalue weighted by molar-refractivity contribution is 7.85. The van der Waals surface area contributed by atoms with E-state index in [1.807, 2.05) is 60.7 Å². The van der Waals surface area contributed by atoms with Gasteiger partial charge in [-0.2, -0.15) is 0 Å². The lowest BCUT2D eigenvalue weighted by atomic mass is 9.89. The molecule has 0 saturated heterocycles. The van der Waals surface area contributed by atoms with E-state index < -0.39 is 7.14 Å². The molecule has 0 saturated carbocycles. The second-order valence-electron chi connectivity index (χ2n) is 8.79. The van der Waals surface area contributed by atoms with Crippen LogP contribution in [0.2, 0.25) is 0 Å². The van der Waals surface area contributed by atoms with Gasteiger partial charge in [-0.1, -0.05) is 114 Å². The molecule has 3 aromatic carbocycles. The fourth-order valence-corrected chi connectivity index (χ4v) is 7.34. The van der Waals surface area contributed by atoms with Gasteiger partial charge in [0, 0.05) is 15.9 Å². The lowest BCUT2D eigenvalue weighted by Crippen LogP contribution is -2.31. The number of benzene rings is 3. The highest BCUT2D eigenvalue weighted by Crippen LogP contribution is 2.47. The van der Waals surface area contributed by atoms with Crippen molar-refractivity contribution in [2.24, 2.45) is 0 Å². The van der Waals surface area contributed by atoms with Crippen LogP contribution in [0.4, 0.5) is 0 Å². The molecule has 0 radical (unpaired) electrons. The third-order valence-electron chi connectivity index (χ3n) is 5.66. The third kappa shape index (κ3) is 4.12. The first-order chi connectivity index (χ1) is 13.8. The predicted octanol–water partition coefficient (Wildman–Crippen LogP) is 6.70. The van der Waals surface area contributed by atoms with Crippen LogP contribution < -0.4 is 15.9 Å². The van der Waals surface area contributed by atoms with E-state index in [1.54, 1.807) is 0 Å². The molecule has 3 aromatic rings. The van der Waals surface area contributed by atoms with E-state index in [4.69, 9.17) is 0 Å². The van der Waals surface area contributed by atoms with Gasteiger partial charge in [0.1, 0.15) is 0 Å². The second-order valence-corrected chi connectivity index (χ2v) is 11.5. The molecule has 0 spiro atoms. The molecule has 0 unspecified atom stereocenters. The SMILES string of the molecule is CC(C)c1cc(C(C)C)c(P(=O)(c2ccccc2)c2ccccc2)c(C(C)C)c1. The maximum Gasteiger partial charge on any atom is 0.171 e. The van der Waals surface area contributed by atoms with Crippen molar-refractivity contribution in [2.75, 3.05) is 0 Å². The smallest absolute Gasteiger partial charge is 0.171 e. The Morgan fingerprint density at radius 2 is 0.966 bits per heavy atom. The average molecular weight is 405 g/mol. The zero-order valence-electron chi connectivity index (χ0n) is 18.5. The number of hydrogen-bond donors (Lipinski definition) is 0. The molecule has 152 valence electrons. The third-order valence-corrected chi connectivity index (χ3v) is 8.85. The first-order valence-electron chi connectivity index (χ1n) is 10.7. The van der Waals surface area contributed by atoms with Gasteiger partial charge < -0.3 is 4.57 Å². The van der Waals surface area contributed by atoms with E-state index in [9.17, 15) is 0 Å². The van der Waals surface area contributed by atoms with Crippen molar-refractivity contribution in [3.05, 3.63) is 89.5 Å². The minimum Gasteiger partial charge on any atom is -0.309 e. The zero-order valence-corrected chi connectivity index (χ0v) is 19.4. The molecule has 0 fully saturated rings. The van der Waals surface area contributed by atoms with Gasteiger partial charge in [0.25, 0.3) is 0 Å². The summed E-state index contributed by atoms with van der Waals surface area (Å²) in [5.74, 6) is 1.02. The molecule has 0 aliphatic rings. The van der Waals surface area contributed by atoms with Crippen LogP contribution in [0.25, 0.3) is 0 Å². The topological polar surface area (TPSA) is 17.1 Å². The fourth-order valence-electron chi connectivity index (χ4n) is 3.96. The van der Waals surface area contributed by atoms with Crippen molar-refractivity contribution in [3.63, 3.8) is 0 Å². The van der Waals surface area contributed by atoms with Crippen molar-refractivity contribution < 1.29 is 4.57 Å². The van der Waals surface area contributed by atoms with E-state index in [0.29, 0.717) is 17.8 Å². The molecular formula is C27H33OP. The van der Waals surface area contributed by atoms with E-state index in [2.05, 4.69) is 53.7 Å². The van der Waals surface area contributed by atoms with Gasteiger partial charge in [0.05, 0.1) is 0 Å². The zero-order chi connectivity index (χ0) is 21.2.